The summed E-state index contributed by atoms with van der Waals surface area (Å²) in [5.74, 6) is -0.839. The lowest BCUT2D eigenvalue weighted by molar-refractivity contribution is -0.870. The first kappa shape index (κ1) is 87.5. The van der Waals surface area contributed by atoms with Gasteiger partial charge < -0.3 is 27.9 Å². The van der Waals surface area contributed by atoms with E-state index in [1.54, 1.807) is 0 Å². The van der Waals surface area contributed by atoms with Crippen molar-refractivity contribution in [3.05, 3.63) is 72.9 Å². The molecule has 0 aromatic rings. The Morgan fingerprint density at radius 3 is 0.944 bits per heavy atom. The zero-order chi connectivity index (χ0) is 65.5. The van der Waals surface area contributed by atoms with Gasteiger partial charge in [-0.2, -0.15) is 0 Å². The molecule has 0 saturated heterocycles. The molecule has 90 heavy (non-hydrogen) atoms. The maximum atomic E-state index is 12.9. The van der Waals surface area contributed by atoms with Crippen LogP contribution in [0.15, 0.2) is 72.9 Å². The Labute approximate surface area is 559 Å². The zero-order valence-electron chi connectivity index (χ0n) is 60.1. The van der Waals surface area contributed by atoms with E-state index in [4.69, 9.17) is 18.5 Å². The van der Waals surface area contributed by atoms with Gasteiger partial charge in [-0.15, -0.1) is 0 Å². The summed E-state index contributed by atoms with van der Waals surface area (Å²) in [4.78, 5) is 38.1. The lowest BCUT2D eigenvalue weighted by Gasteiger charge is -2.28. The van der Waals surface area contributed by atoms with E-state index in [1.807, 2.05) is 21.1 Å². The van der Waals surface area contributed by atoms with Crippen LogP contribution in [-0.2, 0) is 32.7 Å². The second kappa shape index (κ2) is 70.8. The Hall–Kier alpha value is -2.55. The van der Waals surface area contributed by atoms with E-state index in [9.17, 15) is 19.0 Å². The molecule has 0 aliphatic rings. The molecule has 0 spiro atoms. The third kappa shape index (κ3) is 74.5. The summed E-state index contributed by atoms with van der Waals surface area (Å²) in [6.45, 7) is 4.16. The third-order valence-electron chi connectivity index (χ3n) is 17.2. The van der Waals surface area contributed by atoms with Crippen LogP contribution in [0.1, 0.15) is 373 Å². The topological polar surface area (TPSA) is 111 Å². The number of rotatable bonds is 72. The number of unbranched alkanes of at least 4 members (excludes halogenated alkanes) is 46. The summed E-state index contributed by atoms with van der Waals surface area (Å²) in [5, 5.41) is 0. The third-order valence-corrected chi connectivity index (χ3v) is 18.2. The first-order valence-corrected chi connectivity index (χ1v) is 40.1. The highest BCUT2D eigenvalue weighted by Crippen LogP contribution is 2.38. The van der Waals surface area contributed by atoms with Crippen molar-refractivity contribution in [2.24, 2.45) is 0 Å². The van der Waals surface area contributed by atoms with Crippen LogP contribution in [0.25, 0.3) is 0 Å². The van der Waals surface area contributed by atoms with Crippen LogP contribution in [-0.4, -0.2) is 70.0 Å². The maximum absolute atomic E-state index is 12.9. The van der Waals surface area contributed by atoms with Crippen LogP contribution in [0, 0.1) is 0 Å². The number of hydrogen-bond donors (Lipinski definition) is 0. The van der Waals surface area contributed by atoms with Crippen LogP contribution >= 0.6 is 7.82 Å². The van der Waals surface area contributed by atoms with E-state index in [0.29, 0.717) is 17.4 Å². The number of phosphoric acid groups is 1. The van der Waals surface area contributed by atoms with Gasteiger partial charge in [0.2, 0.25) is 0 Å². The molecule has 2 unspecified atom stereocenters. The number of hydrogen-bond acceptors (Lipinski definition) is 8. The highest BCUT2D eigenvalue weighted by molar-refractivity contribution is 7.45. The Morgan fingerprint density at radius 1 is 0.356 bits per heavy atom. The van der Waals surface area contributed by atoms with Gasteiger partial charge in [0.05, 0.1) is 27.7 Å². The first-order valence-electron chi connectivity index (χ1n) is 38.6. The molecule has 0 N–H and O–H groups in total. The Kier molecular flexibility index (Phi) is 68.8. The fourth-order valence-electron chi connectivity index (χ4n) is 11.4. The second-order valence-corrected chi connectivity index (χ2v) is 28.8. The average molecular weight is 1280 g/mol. The SMILES string of the molecule is CC/C=C\C/C=C\C/C=C\C/C=C\C/C=C\C/C=C\CCCCCCCCC(=O)OC(COC(=O)CCCCCCCCCCCCCCCCCCCCCCCCCCCCCCCCCCCCCCCCCCC)COP(=O)([O-])OCC[N+](C)(C)C. The number of carbonyl (C=O) groups is 2. The normalized spacial score (nSPS) is 13.4. The Bertz CT molecular complexity index is 1750. The molecule has 0 fully saturated rings. The van der Waals surface area contributed by atoms with E-state index in [0.717, 1.165) is 96.3 Å². The fraction of sp³-hybridized carbons (Fsp3) is 0.825. The van der Waals surface area contributed by atoms with Crippen molar-refractivity contribution < 1.29 is 42.1 Å². The van der Waals surface area contributed by atoms with Crippen LogP contribution in [0.3, 0.4) is 0 Å². The van der Waals surface area contributed by atoms with Crippen molar-refractivity contribution in [2.45, 2.75) is 380 Å². The molecule has 0 saturated carbocycles. The molecule has 0 bridgehead atoms. The molecule has 2 atom stereocenters. The predicted molar refractivity (Wildman–Crippen MR) is 388 cm³/mol. The van der Waals surface area contributed by atoms with Gasteiger partial charge in [0.1, 0.15) is 19.8 Å². The lowest BCUT2D eigenvalue weighted by atomic mass is 10.0. The number of allylic oxidation sites excluding steroid dienone is 12. The molecule has 0 rings (SSSR count). The van der Waals surface area contributed by atoms with Gasteiger partial charge >= 0.3 is 11.9 Å². The quantitative estimate of drug-likeness (QED) is 0.0195. The van der Waals surface area contributed by atoms with E-state index in [1.165, 1.54) is 244 Å². The molecule has 0 aromatic heterocycles. The van der Waals surface area contributed by atoms with Gasteiger partial charge in [-0.3, -0.25) is 14.2 Å². The van der Waals surface area contributed by atoms with Crippen molar-refractivity contribution in [3.8, 4) is 0 Å². The zero-order valence-corrected chi connectivity index (χ0v) is 61.0. The van der Waals surface area contributed by atoms with E-state index < -0.39 is 26.5 Å². The van der Waals surface area contributed by atoms with Crippen molar-refractivity contribution >= 4 is 19.8 Å². The molecule has 0 aliphatic heterocycles. The number of quaternary nitrogens is 1. The van der Waals surface area contributed by atoms with E-state index in [2.05, 4.69) is 86.8 Å². The van der Waals surface area contributed by atoms with Gasteiger partial charge in [0.25, 0.3) is 7.82 Å². The summed E-state index contributed by atoms with van der Waals surface area (Å²) in [5.41, 5.74) is 0. The summed E-state index contributed by atoms with van der Waals surface area (Å²) < 4.78 is 34.3. The summed E-state index contributed by atoms with van der Waals surface area (Å²) >= 11 is 0. The van der Waals surface area contributed by atoms with Crippen molar-refractivity contribution in [1.29, 1.82) is 0 Å². The number of esters is 2. The Morgan fingerprint density at radius 2 is 0.633 bits per heavy atom. The van der Waals surface area contributed by atoms with Gasteiger partial charge in [0, 0.05) is 12.8 Å². The van der Waals surface area contributed by atoms with Crippen LogP contribution < -0.4 is 4.89 Å². The van der Waals surface area contributed by atoms with Crippen LogP contribution in [0.5, 0.6) is 0 Å². The fourth-order valence-corrected chi connectivity index (χ4v) is 12.1. The Balaban J connectivity index is 3.91. The molecular weight excluding hydrogens is 1130 g/mol. The minimum absolute atomic E-state index is 0.0357. The van der Waals surface area contributed by atoms with Crippen LogP contribution in [0.4, 0.5) is 0 Å². The minimum Gasteiger partial charge on any atom is -0.756 e. The molecule has 9 nitrogen and oxygen atoms in total. The molecular formula is C80H148NO8P. The predicted octanol–water partition coefficient (Wildman–Crippen LogP) is 24.9. The number of ether oxygens (including phenoxy) is 2. The molecule has 0 aliphatic carbocycles. The highest BCUT2D eigenvalue weighted by Gasteiger charge is 2.22. The van der Waals surface area contributed by atoms with E-state index in [-0.39, 0.29) is 32.0 Å². The van der Waals surface area contributed by atoms with Gasteiger partial charge in [-0.1, -0.05) is 369 Å². The summed E-state index contributed by atoms with van der Waals surface area (Å²) in [6.07, 6.45) is 96.1. The lowest BCUT2D eigenvalue weighted by Crippen LogP contribution is -2.37. The molecule has 0 aromatic carbocycles. The molecule has 0 heterocycles. The largest absolute Gasteiger partial charge is 0.756 e. The van der Waals surface area contributed by atoms with Gasteiger partial charge in [-0.05, 0) is 64.2 Å². The smallest absolute Gasteiger partial charge is 0.306 e. The molecule has 526 valence electrons. The van der Waals surface area contributed by atoms with Crippen molar-refractivity contribution in [2.75, 3.05) is 47.5 Å². The summed E-state index contributed by atoms with van der Waals surface area (Å²) in [7, 11) is 1.16. The minimum atomic E-state index is -4.65. The van der Waals surface area contributed by atoms with Crippen LogP contribution in [0.2, 0.25) is 0 Å². The number of likely N-dealkylation sites (N-methyl/N-ethyl adjacent to an activating group) is 1. The molecule has 0 radical (unpaired) electrons. The second-order valence-electron chi connectivity index (χ2n) is 27.4. The van der Waals surface area contributed by atoms with Crippen molar-refractivity contribution in [1.82, 2.24) is 0 Å². The molecule has 10 heteroatoms. The van der Waals surface area contributed by atoms with Gasteiger partial charge in [-0.25, -0.2) is 0 Å². The van der Waals surface area contributed by atoms with Gasteiger partial charge in [0.15, 0.2) is 6.10 Å². The summed E-state index contributed by atoms with van der Waals surface area (Å²) in [6, 6.07) is 0. The average Bonchev–Trinajstić information content (AvgIpc) is 3.58. The monoisotopic (exact) mass is 1280 g/mol. The number of phosphoric ester groups is 1. The standard InChI is InChI=1S/C80H148NO8P/c1-6-8-10-12-14-16-18-20-22-24-26-28-30-32-33-34-35-36-37-38-39-40-41-42-43-44-45-46-47-49-50-52-54-56-58-60-62-64-66-68-70-72-79(82)86-76-78(77-88-90(84,85)87-75-74-81(3,4)5)89-80(83)73-71-69-67-65-63-61-59-57-55-53-51-48-31-29-27-25-23-21-19-17-15-13-11-9-7-2/h9,11,15,17,21,23,27,29,48,51,55,57,78H,6-8,10,12-14,16,18-20,22,24-26,28,30-47,49-50,52-54,56,58-77H2,1-5H3/b11-9-,17-15-,23-21-,29-27-,51-48-,57-55-. The number of nitrogens with zero attached hydrogens (tertiary/aromatic N) is 1. The first-order chi connectivity index (χ1) is 44.0. The van der Waals surface area contributed by atoms with Crippen molar-refractivity contribution in [3.63, 3.8) is 0 Å². The number of carbonyl (C=O) groups excluding carboxylic acids is 2. The molecule has 0 amide bonds. The maximum Gasteiger partial charge on any atom is 0.306 e. The van der Waals surface area contributed by atoms with E-state index >= 15 is 0 Å². The highest BCUT2D eigenvalue weighted by atomic mass is 31.2.